The minimum absolute atomic E-state index is 0.0522. The van der Waals surface area contributed by atoms with Gasteiger partial charge in [0.05, 0.1) is 28.6 Å². The van der Waals surface area contributed by atoms with Gasteiger partial charge in [0.2, 0.25) is 5.76 Å². The zero-order valence-corrected chi connectivity index (χ0v) is 19.9. The van der Waals surface area contributed by atoms with E-state index in [2.05, 4.69) is 15.9 Å². The number of aromatic hydroxyl groups is 1. The number of aryl methyl sites for hydroxylation is 2. The number of phenolic OH excluding ortho intramolecular Hbond substituents is 1. The number of methoxy groups -OCH3 is 2. The van der Waals surface area contributed by atoms with E-state index in [1.54, 1.807) is 30.2 Å². The third-order valence-corrected chi connectivity index (χ3v) is 6.35. The molecule has 8 heteroatoms. The number of fused-ring (bicyclic) bond motifs is 2. The third-order valence-electron chi connectivity index (χ3n) is 5.75. The minimum Gasteiger partial charge on any atom is -0.503 e. The van der Waals surface area contributed by atoms with Gasteiger partial charge in [-0.25, -0.2) is 0 Å². The minimum atomic E-state index is -0.679. The van der Waals surface area contributed by atoms with Crippen LogP contribution < -0.4 is 10.2 Å². The molecule has 32 heavy (non-hydrogen) atoms. The lowest BCUT2D eigenvalue weighted by Gasteiger charge is -2.25. The molecule has 1 atom stereocenters. The number of ether oxygens (including phenoxy) is 2. The zero-order valence-electron chi connectivity index (χ0n) is 18.3. The first-order valence-electron chi connectivity index (χ1n) is 10.2. The fourth-order valence-electron chi connectivity index (χ4n) is 4.38. The van der Waals surface area contributed by atoms with Crippen molar-refractivity contribution in [2.24, 2.45) is 0 Å². The van der Waals surface area contributed by atoms with Crippen molar-refractivity contribution < 1.29 is 23.8 Å². The summed E-state index contributed by atoms with van der Waals surface area (Å²) in [5.74, 6) is -0.104. The number of halogens is 1. The monoisotopic (exact) mass is 501 g/mol. The van der Waals surface area contributed by atoms with Crippen molar-refractivity contribution in [1.82, 2.24) is 4.90 Å². The number of phenols is 1. The van der Waals surface area contributed by atoms with E-state index in [0.29, 0.717) is 46.1 Å². The van der Waals surface area contributed by atoms with E-state index in [4.69, 9.17) is 13.9 Å². The fourth-order valence-corrected chi connectivity index (χ4v) is 4.84. The standard InChI is InChI=1S/C24H24BrNO6/c1-12-8-13(2)18-16(9-12)32-23-19(22(18)28)20(26(24(23)29)6-5-7-30-3)14-10-15(25)21(27)17(11-14)31-4/h8-11,20,27H,5-7H2,1-4H3. The van der Waals surface area contributed by atoms with Crippen molar-refractivity contribution in [3.05, 3.63) is 67.0 Å². The van der Waals surface area contributed by atoms with Crippen molar-refractivity contribution in [2.75, 3.05) is 27.4 Å². The number of hydrogen-bond acceptors (Lipinski definition) is 6. The SMILES string of the molecule is COCCCN1C(=O)c2oc3cc(C)cc(C)c3c(=O)c2C1c1cc(Br)c(O)c(OC)c1. The molecule has 3 aromatic rings. The van der Waals surface area contributed by atoms with Gasteiger partial charge in [0, 0.05) is 20.3 Å². The van der Waals surface area contributed by atoms with Crippen LogP contribution in [0.25, 0.3) is 11.0 Å². The molecule has 2 heterocycles. The van der Waals surface area contributed by atoms with Crippen molar-refractivity contribution in [2.45, 2.75) is 26.3 Å². The lowest BCUT2D eigenvalue weighted by molar-refractivity contribution is 0.0707. The molecule has 0 saturated carbocycles. The van der Waals surface area contributed by atoms with Gasteiger partial charge in [-0.3, -0.25) is 9.59 Å². The molecule has 0 fully saturated rings. The maximum Gasteiger partial charge on any atom is 0.290 e. The number of carbonyl (C=O) groups is 1. The molecule has 1 aromatic heterocycles. The van der Waals surface area contributed by atoms with Gasteiger partial charge < -0.3 is 23.9 Å². The van der Waals surface area contributed by atoms with E-state index in [0.717, 1.165) is 11.1 Å². The topological polar surface area (TPSA) is 89.2 Å². The molecule has 0 saturated heterocycles. The Morgan fingerprint density at radius 2 is 1.91 bits per heavy atom. The number of hydrogen-bond donors (Lipinski definition) is 1. The van der Waals surface area contributed by atoms with Crippen molar-refractivity contribution in [3.8, 4) is 11.5 Å². The highest BCUT2D eigenvalue weighted by Gasteiger charge is 2.43. The van der Waals surface area contributed by atoms with Crippen molar-refractivity contribution in [1.29, 1.82) is 0 Å². The smallest absolute Gasteiger partial charge is 0.290 e. The fraction of sp³-hybridized carbons (Fsp3) is 0.333. The van der Waals surface area contributed by atoms with Gasteiger partial charge >= 0.3 is 0 Å². The summed E-state index contributed by atoms with van der Waals surface area (Å²) in [4.78, 5) is 28.7. The number of nitrogens with zero attached hydrogens (tertiary/aromatic N) is 1. The Morgan fingerprint density at radius 3 is 2.59 bits per heavy atom. The van der Waals surface area contributed by atoms with Crippen LogP contribution in [0.3, 0.4) is 0 Å². The lowest BCUT2D eigenvalue weighted by Crippen LogP contribution is -2.31. The third kappa shape index (κ3) is 3.57. The van der Waals surface area contributed by atoms with E-state index in [1.165, 1.54) is 7.11 Å². The first kappa shape index (κ1) is 22.4. The van der Waals surface area contributed by atoms with Crippen LogP contribution in [0, 0.1) is 13.8 Å². The molecule has 1 amide bonds. The van der Waals surface area contributed by atoms with Crippen LogP contribution in [-0.4, -0.2) is 43.3 Å². The normalized spacial score (nSPS) is 15.5. The second kappa shape index (κ2) is 8.60. The Morgan fingerprint density at radius 1 is 1.16 bits per heavy atom. The molecule has 1 N–H and O–H groups in total. The average Bonchev–Trinajstić information content (AvgIpc) is 3.02. The number of rotatable bonds is 6. The Balaban J connectivity index is 1.99. The van der Waals surface area contributed by atoms with Crippen molar-refractivity contribution >= 4 is 32.8 Å². The van der Waals surface area contributed by atoms with Gasteiger partial charge in [0.15, 0.2) is 16.9 Å². The van der Waals surface area contributed by atoms with Gasteiger partial charge in [0.25, 0.3) is 5.91 Å². The highest BCUT2D eigenvalue weighted by atomic mass is 79.9. The van der Waals surface area contributed by atoms with Gasteiger partial charge in [-0.15, -0.1) is 0 Å². The molecule has 2 aromatic carbocycles. The molecular formula is C24H24BrNO6. The predicted octanol–water partition coefficient (Wildman–Crippen LogP) is 4.47. The molecule has 0 bridgehead atoms. The van der Waals surface area contributed by atoms with Gasteiger partial charge in [-0.2, -0.15) is 0 Å². The molecule has 0 radical (unpaired) electrons. The molecule has 7 nitrogen and oxygen atoms in total. The molecule has 4 rings (SSSR count). The summed E-state index contributed by atoms with van der Waals surface area (Å²) in [7, 11) is 3.05. The quantitative estimate of drug-likeness (QED) is 0.501. The van der Waals surface area contributed by atoms with E-state index in [-0.39, 0.29) is 28.6 Å². The molecule has 1 aliphatic heterocycles. The number of carbonyl (C=O) groups excluding carboxylic acids is 1. The summed E-state index contributed by atoms with van der Waals surface area (Å²) in [6.45, 7) is 4.62. The second-order valence-electron chi connectivity index (χ2n) is 7.93. The van der Waals surface area contributed by atoms with E-state index in [1.807, 2.05) is 19.9 Å². The van der Waals surface area contributed by atoms with Gasteiger partial charge in [0.1, 0.15) is 5.58 Å². The number of benzene rings is 2. The van der Waals surface area contributed by atoms with Crippen LogP contribution in [0.1, 0.15) is 45.3 Å². The highest BCUT2D eigenvalue weighted by molar-refractivity contribution is 9.10. The summed E-state index contributed by atoms with van der Waals surface area (Å²) >= 11 is 3.35. The van der Waals surface area contributed by atoms with Crippen LogP contribution in [0.15, 0.2) is 37.9 Å². The summed E-state index contributed by atoms with van der Waals surface area (Å²) in [6.07, 6.45) is 0.592. The van der Waals surface area contributed by atoms with Crippen LogP contribution in [-0.2, 0) is 4.74 Å². The molecule has 1 unspecified atom stereocenters. The first-order valence-corrected chi connectivity index (χ1v) is 11.0. The Bertz CT molecular complexity index is 1280. The van der Waals surface area contributed by atoms with E-state index in [9.17, 15) is 14.7 Å². The maximum absolute atomic E-state index is 13.7. The Hall–Kier alpha value is -2.84. The molecule has 168 valence electrons. The maximum atomic E-state index is 13.7. The highest BCUT2D eigenvalue weighted by Crippen LogP contribution is 2.43. The number of amides is 1. The largest absolute Gasteiger partial charge is 0.503 e. The van der Waals surface area contributed by atoms with Crippen LogP contribution in [0.5, 0.6) is 11.5 Å². The Labute approximate surface area is 193 Å². The van der Waals surface area contributed by atoms with E-state index >= 15 is 0 Å². The van der Waals surface area contributed by atoms with E-state index < -0.39 is 6.04 Å². The summed E-state index contributed by atoms with van der Waals surface area (Å²) < 4.78 is 16.9. The molecule has 1 aliphatic rings. The average molecular weight is 502 g/mol. The van der Waals surface area contributed by atoms with Crippen molar-refractivity contribution in [3.63, 3.8) is 0 Å². The van der Waals surface area contributed by atoms with Crippen LogP contribution in [0.2, 0.25) is 0 Å². The van der Waals surface area contributed by atoms with Crippen LogP contribution >= 0.6 is 15.9 Å². The summed E-state index contributed by atoms with van der Waals surface area (Å²) in [6, 6.07) is 6.36. The molecule has 0 spiro atoms. The van der Waals surface area contributed by atoms with Crippen LogP contribution in [0.4, 0.5) is 0 Å². The molecule has 0 aliphatic carbocycles. The predicted molar refractivity (Wildman–Crippen MR) is 124 cm³/mol. The summed E-state index contributed by atoms with van der Waals surface area (Å²) in [5, 5.41) is 10.7. The Kier molecular flexibility index (Phi) is 6.01. The lowest BCUT2D eigenvalue weighted by atomic mass is 9.96. The van der Waals surface area contributed by atoms with Gasteiger partial charge in [-0.1, -0.05) is 6.07 Å². The molecular weight excluding hydrogens is 478 g/mol. The van der Waals surface area contributed by atoms with Gasteiger partial charge in [-0.05, 0) is 71.1 Å². The zero-order chi connectivity index (χ0) is 23.2. The first-order chi connectivity index (χ1) is 15.3. The second-order valence-corrected chi connectivity index (χ2v) is 8.78. The summed E-state index contributed by atoms with van der Waals surface area (Å²) in [5.41, 5.74) is 2.85.